The lowest BCUT2D eigenvalue weighted by Gasteiger charge is -2.32. The highest BCUT2D eigenvalue weighted by atomic mass is 32.1. The number of hydrogen-bond acceptors (Lipinski definition) is 16. The minimum absolute atomic E-state index is 0.0442. The van der Waals surface area contributed by atoms with Crippen LogP contribution in [-0.4, -0.2) is 201 Å². The van der Waals surface area contributed by atoms with Crippen molar-refractivity contribution in [3.8, 4) is 11.5 Å². The lowest BCUT2D eigenvalue weighted by atomic mass is 9.99. The number of hydrogen-bond donors (Lipinski definition) is 3. The Morgan fingerprint density at radius 2 is 1.51 bits per heavy atom. The molecule has 5 amide bonds. The van der Waals surface area contributed by atoms with Crippen molar-refractivity contribution in [3.05, 3.63) is 149 Å². The smallest absolute Gasteiger partial charge is 0.325 e. The normalized spacial score (nSPS) is 14.0. The second kappa shape index (κ2) is 36.1. The molecule has 1 aliphatic carbocycles. The Morgan fingerprint density at radius 3 is 2.23 bits per heavy atom. The number of unbranched alkanes of at least 4 members (excludes halogenated alkanes) is 1. The average molecular weight is 1220 g/mol. The Hall–Kier alpha value is -7.38. The highest BCUT2D eigenvalue weighted by Crippen LogP contribution is 2.36. The molecule has 1 unspecified atom stereocenters. The van der Waals surface area contributed by atoms with Crippen LogP contribution in [-0.2, 0) is 60.9 Å². The van der Waals surface area contributed by atoms with E-state index in [4.69, 9.17) is 23.7 Å². The van der Waals surface area contributed by atoms with Crippen molar-refractivity contribution in [3.63, 3.8) is 0 Å². The minimum Gasteiger partial charge on any atom is -0.494 e. The van der Waals surface area contributed by atoms with E-state index in [2.05, 4.69) is 61.3 Å². The van der Waals surface area contributed by atoms with E-state index in [1.807, 2.05) is 67.5 Å². The number of aryl methyl sites for hydroxylation is 1. The van der Waals surface area contributed by atoms with Crippen LogP contribution in [0, 0.1) is 5.82 Å². The number of piperazine rings is 1. The second-order valence-corrected chi connectivity index (χ2v) is 22.8. The van der Waals surface area contributed by atoms with Gasteiger partial charge in [0.05, 0.1) is 70.6 Å². The summed E-state index contributed by atoms with van der Waals surface area (Å²) >= 11 is 1.28. The van der Waals surface area contributed by atoms with E-state index in [0.717, 1.165) is 80.0 Å². The first kappa shape index (κ1) is 67.1. The standard InChI is InChI=1S/C64H87FN12O9S/c1-7-11-48(8-2)44-66-62(80)61(51-40-50(45-72(3)4)41-52(65)42-51)77(56-17-18-56)59(78)23-14-49-12-19-57(20-13-49)85-32-10-9-25-73(5)30-34-83-37-36-82-33-24-54-46-76(71-70-54)31-35-84-38-39-86-58-21-15-53(16-22-58)67-63(81)69-64-68-55(47-87-64)43-60(79)75-28-26-74(6)27-29-75/h7-8,11-13,15-16,19-22,40-42,46-47,56,61H,1-2,9-10,14,17-18,23-39,43-45H2,3-6H3,(H,66,80)(H2,67,68,69,81)/b48-11+. The predicted octanol–water partition coefficient (Wildman–Crippen LogP) is 7.44. The van der Waals surface area contributed by atoms with Crippen molar-refractivity contribution >= 4 is 45.9 Å². The quantitative estimate of drug-likeness (QED) is 0.0258. The van der Waals surface area contributed by atoms with E-state index in [9.17, 15) is 19.2 Å². The molecule has 2 aliphatic rings. The summed E-state index contributed by atoms with van der Waals surface area (Å²) in [4.78, 5) is 67.7. The van der Waals surface area contributed by atoms with Gasteiger partial charge >= 0.3 is 6.03 Å². The fourth-order valence-electron chi connectivity index (χ4n) is 9.62. The van der Waals surface area contributed by atoms with Gasteiger partial charge in [-0.1, -0.05) is 54.8 Å². The first-order chi connectivity index (χ1) is 42.2. The highest BCUT2D eigenvalue weighted by Gasteiger charge is 2.41. The van der Waals surface area contributed by atoms with Gasteiger partial charge in [-0.3, -0.25) is 19.7 Å². The number of amides is 5. The Labute approximate surface area is 515 Å². The summed E-state index contributed by atoms with van der Waals surface area (Å²) in [6.07, 6.45) is 11.9. The molecule has 3 heterocycles. The molecule has 0 bridgehead atoms. The first-order valence-corrected chi connectivity index (χ1v) is 30.8. The average Bonchev–Trinajstić information content (AvgIpc) is 2.11. The molecular formula is C64H87FN12O9S. The zero-order valence-electron chi connectivity index (χ0n) is 51.0. The molecule has 3 N–H and O–H groups in total. The number of halogens is 1. The van der Waals surface area contributed by atoms with Gasteiger partial charge in [-0.25, -0.2) is 18.9 Å². The molecule has 2 fully saturated rings. The van der Waals surface area contributed by atoms with Crippen LogP contribution in [0.3, 0.4) is 0 Å². The third-order valence-electron chi connectivity index (χ3n) is 14.5. The molecule has 1 saturated heterocycles. The van der Waals surface area contributed by atoms with Crippen molar-refractivity contribution in [2.24, 2.45) is 0 Å². The minimum atomic E-state index is -0.994. The van der Waals surface area contributed by atoms with Gasteiger partial charge in [0.1, 0.15) is 30.0 Å². The van der Waals surface area contributed by atoms with Crippen molar-refractivity contribution in [2.45, 2.75) is 76.5 Å². The lowest BCUT2D eigenvalue weighted by molar-refractivity contribution is -0.141. The van der Waals surface area contributed by atoms with Crippen LogP contribution in [0.25, 0.3) is 0 Å². The third kappa shape index (κ3) is 24.0. The van der Waals surface area contributed by atoms with Crippen molar-refractivity contribution in [1.82, 2.24) is 49.8 Å². The van der Waals surface area contributed by atoms with Gasteiger partial charge in [0.25, 0.3) is 0 Å². The van der Waals surface area contributed by atoms with Crippen molar-refractivity contribution in [2.75, 3.05) is 137 Å². The number of anilines is 2. The van der Waals surface area contributed by atoms with Gasteiger partial charge in [0, 0.05) is 82.0 Å². The number of ether oxygens (including phenoxy) is 5. The van der Waals surface area contributed by atoms with E-state index in [1.165, 1.54) is 23.5 Å². The van der Waals surface area contributed by atoms with Gasteiger partial charge in [-0.05, 0) is 138 Å². The summed E-state index contributed by atoms with van der Waals surface area (Å²) in [6, 6.07) is 18.0. The van der Waals surface area contributed by atoms with E-state index in [-0.39, 0.29) is 43.1 Å². The molecule has 5 aromatic rings. The van der Waals surface area contributed by atoms with E-state index >= 15 is 4.39 Å². The number of likely N-dealkylation sites (N-methyl/N-ethyl adjacent to an activating group) is 2. The largest absolute Gasteiger partial charge is 0.494 e. The summed E-state index contributed by atoms with van der Waals surface area (Å²) in [5.74, 6) is 0.473. The van der Waals surface area contributed by atoms with Crippen LogP contribution in [0.2, 0.25) is 0 Å². The third-order valence-corrected chi connectivity index (χ3v) is 15.3. The molecule has 1 atom stereocenters. The predicted molar refractivity (Wildman–Crippen MR) is 336 cm³/mol. The van der Waals surface area contributed by atoms with Crippen molar-refractivity contribution in [1.29, 1.82) is 0 Å². The Kier molecular flexibility index (Phi) is 27.8. The fraction of sp³-hybridized carbons (Fsp3) is 0.484. The number of nitrogens with zero attached hydrogens (tertiary/aromatic N) is 9. The van der Waals surface area contributed by atoms with Crippen molar-refractivity contribution < 1.29 is 47.3 Å². The monoisotopic (exact) mass is 1220 g/mol. The number of urea groups is 1. The molecule has 1 saturated carbocycles. The molecule has 0 radical (unpaired) electrons. The van der Waals surface area contributed by atoms with Gasteiger partial charge in [-0.15, -0.1) is 16.4 Å². The summed E-state index contributed by atoms with van der Waals surface area (Å²) in [5, 5.41) is 19.2. The Morgan fingerprint density at radius 1 is 0.793 bits per heavy atom. The van der Waals surface area contributed by atoms with Gasteiger partial charge in [0.15, 0.2) is 5.13 Å². The molecular weight excluding hydrogens is 1130 g/mol. The Balaban J connectivity index is 0.677. The van der Waals surface area contributed by atoms with E-state index in [0.29, 0.717) is 120 Å². The molecule has 1 aliphatic heterocycles. The van der Waals surface area contributed by atoms with Crippen LogP contribution < -0.4 is 25.4 Å². The fourth-order valence-corrected chi connectivity index (χ4v) is 10.3. The van der Waals surface area contributed by atoms with Crippen LogP contribution in [0.1, 0.15) is 66.2 Å². The highest BCUT2D eigenvalue weighted by molar-refractivity contribution is 7.14. The summed E-state index contributed by atoms with van der Waals surface area (Å²) in [7, 11) is 7.93. The number of aromatic nitrogens is 4. The maximum absolute atomic E-state index is 15.1. The second-order valence-electron chi connectivity index (χ2n) is 22.0. The molecule has 21 nitrogen and oxygen atoms in total. The van der Waals surface area contributed by atoms with Gasteiger partial charge in [-0.2, -0.15) is 0 Å². The Bertz CT molecular complexity index is 2980. The van der Waals surface area contributed by atoms with Crippen LogP contribution in [0.15, 0.2) is 115 Å². The number of allylic oxidation sites excluding steroid dienone is 2. The number of thiazole rings is 1. The maximum atomic E-state index is 15.1. The molecule has 87 heavy (non-hydrogen) atoms. The maximum Gasteiger partial charge on any atom is 0.325 e. The number of benzene rings is 3. The molecule has 0 spiro atoms. The molecule has 3 aromatic carbocycles. The zero-order valence-corrected chi connectivity index (χ0v) is 51.8. The van der Waals surface area contributed by atoms with E-state index < -0.39 is 17.9 Å². The van der Waals surface area contributed by atoms with Crippen LogP contribution >= 0.6 is 11.3 Å². The topological polar surface area (TPSA) is 210 Å². The number of carbonyl (C=O) groups is 4. The molecule has 23 heteroatoms. The summed E-state index contributed by atoms with van der Waals surface area (Å²) in [5.41, 5.74) is 4.98. The number of rotatable bonds is 39. The SMILES string of the molecule is C=C/C=C(\C=C)CNC(=O)C(c1cc(F)cc(CN(C)C)c1)N(C(=O)CCc1ccc(OCCCCN(C)CCOCCOCCc2cn(CCOCCOc3ccc(NC(=O)Nc4nc(CC(=O)N5CCN(C)CC5)cs4)cc3)nn2)cc1)C1CC1. The number of carbonyl (C=O) groups excluding carboxylic acids is 4. The summed E-state index contributed by atoms with van der Waals surface area (Å²) in [6.45, 7) is 17.5. The van der Waals surface area contributed by atoms with Crippen LogP contribution in [0.4, 0.5) is 20.0 Å². The molecule has 2 aromatic heterocycles. The first-order valence-electron chi connectivity index (χ1n) is 29.9. The van der Waals surface area contributed by atoms with E-state index in [1.54, 1.807) is 57.5 Å². The number of nitrogens with one attached hydrogen (secondary N) is 3. The summed E-state index contributed by atoms with van der Waals surface area (Å²) < 4.78 is 46.1. The zero-order chi connectivity index (χ0) is 61.8. The molecule has 7 rings (SSSR count). The van der Waals surface area contributed by atoms with Crippen LogP contribution in [0.5, 0.6) is 11.5 Å². The lowest BCUT2D eigenvalue weighted by Crippen LogP contribution is -2.47. The molecule has 470 valence electrons. The van der Waals surface area contributed by atoms with Gasteiger partial charge in [0.2, 0.25) is 17.7 Å². The van der Waals surface area contributed by atoms with Gasteiger partial charge < -0.3 is 58.8 Å².